The topological polar surface area (TPSA) is 60.6 Å². The van der Waals surface area contributed by atoms with Crippen molar-refractivity contribution in [2.75, 3.05) is 26.8 Å². The molecule has 3 rings (SSSR count). The Morgan fingerprint density at radius 2 is 1.96 bits per heavy atom. The second kappa shape index (κ2) is 6.29. The number of benzene rings is 1. The maximum absolute atomic E-state index is 5.88. The Hall–Kier alpha value is -1.92. The third kappa shape index (κ3) is 3.54. The molecule has 1 aliphatic heterocycles. The van der Waals surface area contributed by atoms with E-state index in [4.69, 9.17) is 13.9 Å². The lowest BCUT2D eigenvalue weighted by Gasteiger charge is -2.40. The zero-order chi connectivity index (χ0) is 16.4. The molecule has 1 aromatic heterocycles. The van der Waals surface area contributed by atoms with Gasteiger partial charge in [-0.3, -0.25) is 4.90 Å². The van der Waals surface area contributed by atoms with Gasteiger partial charge >= 0.3 is 0 Å². The van der Waals surface area contributed by atoms with Gasteiger partial charge in [0.15, 0.2) is 0 Å². The monoisotopic (exact) mass is 317 g/mol. The van der Waals surface area contributed by atoms with Crippen LogP contribution in [-0.4, -0.2) is 47.5 Å². The van der Waals surface area contributed by atoms with Gasteiger partial charge in [-0.05, 0) is 45.0 Å². The first-order valence-corrected chi connectivity index (χ1v) is 7.84. The Balaban J connectivity index is 1.75. The van der Waals surface area contributed by atoms with Crippen LogP contribution < -0.4 is 4.74 Å². The first-order valence-electron chi connectivity index (χ1n) is 7.84. The number of methoxy groups -OCH3 is 1. The fraction of sp³-hybridized carbons (Fsp3) is 0.529. The molecule has 23 heavy (non-hydrogen) atoms. The molecule has 0 bridgehead atoms. The molecule has 1 atom stereocenters. The van der Waals surface area contributed by atoms with E-state index in [0.717, 1.165) is 31.0 Å². The van der Waals surface area contributed by atoms with Gasteiger partial charge in [0.25, 0.3) is 0 Å². The van der Waals surface area contributed by atoms with Crippen LogP contribution in [0.5, 0.6) is 5.75 Å². The van der Waals surface area contributed by atoms with Crippen LogP contribution in [0.1, 0.15) is 32.7 Å². The lowest BCUT2D eigenvalue weighted by atomic mass is 10.1. The summed E-state index contributed by atoms with van der Waals surface area (Å²) in [6, 6.07) is 7.66. The number of ether oxygens (including phenoxy) is 2. The van der Waals surface area contributed by atoms with E-state index in [9.17, 15) is 0 Å². The van der Waals surface area contributed by atoms with Gasteiger partial charge in [-0.25, -0.2) is 0 Å². The fourth-order valence-corrected chi connectivity index (χ4v) is 2.79. The van der Waals surface area contributed by atoms with Gasteiger partial charge in [-0.15, -0.1) is 10.2 Å². The number of nitrogens with zero attached hydrogens (tertiary/aromatic N) is 3. The second-order valence-corrected chi connectivity index (χ2v) is 6.43. The zero-order valence-electron chi connectivity index (χ0n) is 14.1. The standard InChI is InChI=1S/C17H23N3O3/c1-12(20-9-10-22-17(2,3)11-20)15-18-19-16(23-15)13-5-7-14(21-4)8-6-13/h5-8,12H,9-11H2,1-4H3/t12-/m0/s1. The van der Waals surface area contributed by atoms with Crippen molar-refractivity contribution in [1.29, 1.82) is 0 Å². The Morgan fingerprint density at radius 1 is 1.22 bits per heavy atom. The molecule has 2 aromatic rings. The first kappa shape index (κ1) is 16.0. The van der Waals surface area contributed by atoms with E-state index in [1.54, 1.807) is 7.11 Å². The smallest absolute Gasteiger partial charge is 0.247 e. The molecule has 6 nitrogen and oxygen atoms in total. The van der Waals surface area contributed by atoms with Crippen LogP contribution >= 0.6 is 0 Å². The van der Waals surface area contributed by atoms with Crippen molar-refractivity contribution < 1.29 is 13.9 Å². The zero-order valence-corrected chi connectivity index (χ0v) is 14.1. The molecule has 124 valence electrons. The predicted molar refractivity (Wildman–Crippen MR) is 86.3 cm³/mol. The number of morpholine rings is 1. The highest BCUT2D eigenvalue weighted by Crippen LogP contribution is 2.28. The van der Waals surface area contributed by atoms with Crippen molar-refractivity contribution in [2.45, 2.75) is 32.4 Å². The Bertz CT molecular complexity index is 651. The average Bonchev–Trinajstić information content (AvgIpc) is 3.03. The summed E-state index contributed by atoms with van der Waals surface area (Å²) in [5.41, 5.74) is 0.741. The summed E-state index contributed by atoms with van der Waals surface area (Å²) >= 11 is 0. The van der Waals surface area contributed by atoms with Gasteiger partial charge in [-0.1, -0.05) is 0 Å². The highest BCUT2D eigenvalue weighted by Gasteiger charge is 2.32. The van der Waals surface area contributed by atoms with E-state index in [0.29, 0.717) is 11.8 Å². The molecule has 0 aliphatic carbocycles. The van der Waals surface area contributed by atoms with Crippen LogP contribution in [0, 0.1) is 0 Å². The minimum atomic E-state index is -0.147. The molecule has 0 saturated carbocycles. The fourth-order valence-electron chi connectivity index (χ4n) is 2.79. The number of rotatable bonds is 4. The molecule has 1 aliphatic rings. The van der Waals surface area contributed by atoms with Gasteiger partial charge in [-0.2, -0.15) is 0 Å². The summed E-state index contributed by atoms with van der Waals surface area (Å²) in [7, 11) is 1.64. The van der Waals surface area contributed by atoms with Crippen molar-refractivity contribution in [3.63, 3.8) is 0 Å². The third-order valence-corrected chi connectivity index (χ3v) is 4.14. The van der Waals surface area contributed by atoms with Crippen LogP contribution in [0.4, 0.5) is 0 Å². The Kier molecular flexibility index (Phi) is 4.37. The molecular weight excluding hydrogens is 294 g/mol. The normalized spacial score (nSPS) is 19.5. The minimum Gasteiger partial charge on any atom is -0.497 e. The van der Waals surface area contributed by atoms with E-state index < -0.39 is 0 Å². The summed E-state index contributed by atoms with van der Waals surface area (Å²) in [4.78, 5) is 2.31. The number of hydrogen-bond acceptors (Lipinski definition) is 6. The van der Waals surface area contributed by atoms with Crippen LogP contribution in [0.15, 0.2) is 28.7 Å². The van der Waals surface area contributed by atoms with Gasteiger partial charge in [0.2, 0.25) is 11.8 Å². The van der Waals surface area contributed by atoms with Crippen LogP contribution in [0.3, 0.4) is 0 Å². The lowest BCUT2D eigenvalue weighted by molar-refractivity contribution is -0.0980. The quantitative estimate of drug-likeness (QED) is 0.864. The average molecular weight is 317 g/mol. The second-order valence-electron chi connectivity index (χ2n) is 6.43. The highest BCUT2D eigenvalue weighted by atomic mass is 16.5. The van der Waals surface area contributed by atoms with Crippen molar-refractivity contribution in [3.05, 3.63) is 30.2 Å². The summed E-state index contributed by atoms with van der Waals surface area (Å²) in [6.07, 6.45) is 0. The molecule has 2 heterocycles. The van der Waals surface area contributed by atoms with Crippen molar-refractivity contribution >= 4 is 0 Å². The third-order valence-electron chi connectivity index (χ3n) is 4.14. The molecule has 0 spiro atoms. The summed E-state index contributed by atoms with van der Waals surface area (Å²) in [5.74, 6) is 1.97. The predicted octanol–water partition coefficient (Wildman–Crippen LogP) is 2.92. The van der Waals surface area contributed by atoms with Gasteiger partial charge in [0.05, 0.1) is 25.4 Å². The largest absolute Gasteiger partial charge is 0.497 e. The molecule has 0 unspecified atom stereocenters. The van der Waals surface area contributed by atoms with E-state index >= 15 is 0 Å². The highest BCUT2D eigenvalue weighted by molar-refractivity contribution is 5.53. The molecule has 0 radical (unpaired) electrons. The summed E-state index contributed by atoms with van der Waals surface area (Å²) in [5, 5.41) is 8.41. The van der Waals surface area contributed by atoms with Crippen molar-refractivity contribution in [1.82, 2.24) is 15.1 Å². The van der Waals surface area contributed by atoms with Gasteiger partial charge in [0, 0.05) is 18.7 Å². The molecule has 1 fully saturated rings. The number of hydrogen-bond donors (Lipinski definition) is 0. The summed E-state index contributed by atoms with van der Waals surface area (Å²) in [6.45, 7) is 8.72. The molecule has 6 heteroatoms. The van der Waals surface area contributed by atoms with Crippen molar-refractivity contribution in [2.24, 2.45) is 0 Å². The van der Waals surface area contributed by atoms with Gasteiger partial charge in [0.1, 0.15) is 5.75 Å². The number of aromatic nitrogens is 2. The minimum absolute atomic E-state index is 0.0673. The van der Waals surface area contributed by atoms with Crippen LogP contribution in [-0.2, 0) is 4.74 Å². The van der Waals surface area contributed by atoms with E-state index in [1.165, 1.54) is 0 Å². The maximum atomic E-state index is 5.88. The Labute approximate surface area is 136 Å². The van der Waals surface area contributed by atoms with Gasteiger partial charge < -0.3 is 13.9 Å². The maximum Gasteiger partial charge on any atom is 0.247 e. The Morgan fingerprint density at radius 3 is 2.61 bits per heavy atom. The first-order chi connectivity index (χ1) is 11.0. The van der Waals surface area contributed by atoms with Crippen LogP contribution in [0.2, 0.25) is 0 Å². The molecule has 1 saturated heterocycles. The van der Waals surface area contributed by atoms with Crippen LogP contribution in [0.25, 0.3) is 11.5 Å². The summed E-state index contributed by atoms with van der Waals surface area (Å²) < 4.78 is 16.8. The van der Waals surface area contributed by atoms with Crippen molar-refractivity contribution in [3.8, 4) is 17.2 Å². The van der Waals surface area contributed by atoms with E-state index in [2.05, 4.69) is 35.9 Å². The molecule has 1 aromatic carbocycles. The molecule has 0 amide bonds. The van der Waals surface area contributed by atoms with E-state index in [1.807, 2.05) is 24.3 Å². The SMILES string of the molecule is COc1ccc(-c2nnc([C@H](C)N3CCOC(C)(C)C3)o2)cc1. The van der Waals surface area contributed by atoms with E-state index in [-0.39, 0.29) is 11.6 Å². The molecule has 0 N–H and O–H groups in total. The molecular formula is C17H23N3O3. The lowest BCUT2D eigenvalue weighted by Crippen LogP contribution is -2.49.